The Hall–Kier alpha value is -3.24. The van der Waals surface area contributed by atoms with Crippen LogP contribution in [0.5, 0.6) is 0 Å². The van der Waals surface area contributed by atoms with E-state index in [1.165, 1.54) is 23.5 Å². The number of fused-ring (bicyclic) bond motifs is 1. The summed E-state index contributed by atoms with van der Waals surface area (Å²) in [7, 11) is 2.03. The maximum absolute atomic E-state index is 13.1. The molecule has 1 aliphatic heterocycles. The molecule has 2 aromatic carbocycles. The average molecular weight is 412 g/mol. The van der Waals surface area contributed by atoms with Crippen molar-refractivity contribution in [2.75, 3.05) is 49.2 Å². The third-order valence-electron chi connectivity index (χ3n) is 5.02. The van der Waals surface area contributed by atoms with Crippen molar-refractivity contribution in [1.29, 1.82) is 0 Å². The quantitative estimate of drug-likeness (QED) is 0.384. The zero-order chi connectivity index (χ0) is 20.5. The smallest absolute Gasteiger partial charge is 0.293 e. The zero-order valence-electron chi connectivity index (χ0n) is 15.8. The zero-order valence-corrected chi connectivity index (χ0v) is 16.6. The van der Waals surface area contributed by atoms with Gasteiger partial charge in [-0.2, -0.15) is 0 Å². The first-order valence-corrected chi connectivity index (χ1v) is 9.96. The van der Waals surface area contributed by atoms with E-state index in [0.29, 0.717) is 24.5 Å². The van der Waals surface area contributed by atoms with E-state index in [9.17, 15) is 14.9 Å². The van der Waals surface area contributed by atoms with Crippen molar-refractivity contribution in [1.82, 2.24) is 9.88 Å². The predicted octanol–water partition coefficient (Wildman–Crippen LogP) is 2.79. The number of hydrogen-bond donors (Lipinski definition) is 2. The molecule has 4 rings (SSSR count). The van der Waals surface area contributed by atoms with Crippen LogP contribution in [0.15, 0.2) is 35.8 Å². The predicted molar refractivity (Wildman–Crippen MR) is 115 cm³/mol. The first kappa shape index (κ1) is 19.1. The standard InChI is InChI=1S/C19H20N6O3S/c1-23-4-6-24(7-5-23)16-10-14(20)17(25(27)28)9-13(16)19(26)22-12-2-3-18-15(8-12)21-11-29-18/h2-3,8-11H,4-7,20H2,1H3,(H,22,26). The Morgan fingerprint density at radius 1 is 1.24 bits per heavy atom. The minimum Gasteiger partial charge on any atom is -0.393 e. The van der Waals surface area contributed by atoms with Crippen LogP contribution in [0.2, 0.25) is 0 Å². The molecule has 1 amide bonds. The van der Waals surface area contributed by atoms with Gasteiger partial charge in [-0.3, -0.25) is 14.9 Å². The molecule has 0 unspecified atom stereocenters. The number of nitrogen functional groups attached to an aromatic ring is 1. The number of rotatable bonds is 4. The van der Waals surface area contributed by atoms with E-state index < -0.39 is 10.8 Å². The van der Waals surface area contributed by atoms with E-state index in [1.807, 2.05) is 18.0 Å². The highest BCUT2D eigenvalue weighted by Crippen LogP contribution is 2.33. The highest BCUT2D eigenvalue weighted by Gasteiger charge is 2.25. The summed E-state index contributed by atoms with van der Waals surface area (Å²) in [4.78, 5) is 32.4. The molecule has 0 spiro atoms. The first-order chi connectivity index (χ1) is 13.9. The number of aromatic nitrogens is 1. The molecule has 0 aliphatic carbocycles. The van der Waals surface area contributed by atoms with Gasteiger partial charge in [-0.25, -0.2) is 4.98 Å². The van der Waals surface area contributed by atoms with Crippen LogP contribution in [0, 0.1) is 10.1 Å². The lowest BCUT2D eigenvalue weighted by atomic mass is 10.1. The molecule has 0 bridgehead atoms. The van der Waals surface area contributed by atoms with E-state index in [2.05, 4.69) is 15.2 Å². The average Bonchev–Trinajstić information content (AvgIpc) is 3.16. The molecule has 10 heteroatoms. The second-order valence-corrected chi connectivity index (χ2v) is 7.85. The SMILES string of the molecule is CN1CCN(c2cc(N)c([N+](=O)[O-])cc2C(=O)Nc2ccc3scnc3c2)CC1. The molecule has 1 saturated heterocycles. The van der Waals surface area contributed by atoms with Gasteiger partial charge in [-0.1, -0.05) is 0 Å². The summed E-state index contributed by atoms with van der Waals surface area (Å²) >= 11 is 1.52. The van der Waals surface area contributed by atoms with Crippen molar-refractivity contribution >= 4 is 50.2 Å². The second-order valence-electron chi connectivity index (χ2n) is 6.96. The summed E-state index contributed by atoms with van der Waals surface area (Å²) in [5, 5.41) is 14.2. The van der Waals surface area contributed by atoms with E-state index in [1.54, 1.807) is 17.6 Å². The number of nitrogens with zero attached hydrogens (tertiary/aromatic N) is 4. The minimum absolute atomic E-state index is 0.0457. The molecule has 9 nitrogen and oxygen atoms in total. The van der Waals surface area contributed by atoms with Gasteiger partial charge in [0.2, 0.25) is 0 Å². The molecule has 1 aromatic heterocycles. The fraction of sp³-hybridized carbons (Fsp3) is 0.263. The number of hydrogen-bond acceptors (Lipinski definition) is 8. The Balaban J connectivity index is 1.70. The summed E-state index contributed by atoms with van der Waals surface area (Å²) in [6.07, 6.45) is 0. The molecule has 1 fully saturated rings. The van der Waals surface area contributed by atoms with Gasteiger partial charge in [-0.05, 0) is 31.3 Å². The van der Waals surface area contributed by atoms with E-state index in [4.69, 9.17) is 5.73 Å². The van der Waals surface area contributed by atoms with Crippen molar-refractivity contribution in [2.45, 2.75) is 0 Å². The van der Waals surface area contributed by atoms with Gasteiger partial charge < -0.3 is 20.9 Å². The Morgan fingerprint density at radius 2 is 2.00 bits per heavy atom. The van der Waals surface area contributed by atoms with E-state index >= 15 is 0 Å². The number of carbonyl (C=O) groups excluding carboxylic acids is 1. The Kier molecular flexibility index (Phi) is 5.03. The largest absolute Gasteiger partial charge is 0.393 e. The van der Waals surface area contributed by atoms with Crippen molar-refractivity contribution in [2.24, 2.45) is 0 Å². The van der Waals surface area contributed by atoms with Gasteiger partial charge >= 0.3 is 0 Å². The molecule has 2 heterocycles. The van der Waals surface area contributed by atoms with Crippen molar-refractivity contribution < 1.29 is 9.72 Å². The van der Waals surface area contributed by atoms with Gasteiger partial charge in [-0.15, -0.1) is 11.3 Å². The normalized spacial score (nSPS) is 14.9. The van der Waals surface area contributed by atoms with Crippen LogP contribution in [0.3, 0.4) is 0 Å². The summed E-state index contributed by atoms with van der Waals surface area (Å²) in [6, 6.07) is 8.25. The lowest BCUT2D eigenvalue weighted by molar-refractivity contribution is -0.383. The number of nitro benzene ring substituents is 1. The third-order valence-corrected chi connectivity index (χ3v) is 5.83. The molecule has 3 aromatic rings. The number of benzene rings is 2. The topological polar surface area (TPSA) is 118 Å². The number of nitro groups is 1. The summed E-state index contributed by atoms with van der Waals surface area (Å²) < 4.78 is 1.02. The lowest BCUT2D eigenvalue weighted by Crippen LogP contribution is -2.45. The summed E-state index contributed by atoms with van der Waals surface area (Å²) in [6.45, 7) is 3.08. The van der Waals surface area contributed by atoms with Gasteiger partial charge in [0.25, 0.3) is 11.6 Å². The van der Waals surface area contributed by atoms with Crippen LogP contribution >= 0.6 is 11.3 Å². The summed E-state index contributed by atoms with van der Waals surface area (Å²) in [5.41, 5.74) is 9.63. The first-order valence-electron chi connectivity index (χ1n) is 9.08. The molecule has 29 heavy (non-hydrogen) atoms. The van der Waals surface area contributed by atoms with Crippen LogP contribution < -0.4 is 16.0 Å². The number of likely N-dealkylation sites (N-methyl/N-ethyl adjacent to an activating group) is 1. The highest BCUT2D eigenvalue weighted by atomic mass is 32.1. The third kappa shape index (κ3) is 3.84. The Morgan fingerprint density at radius 3 is 2.72 bits per heavy atom. The number of thiazole rings is 1. The monoisotopic (exact) mass is 412 g/mol. The number of amides is 1. The van der Waals surface area contributed by atoms with Crippen LogP contribution in [-0.4, -0.2) is 53.9 Å². The van der Waals surface area contributed by atoms with Crippen LogP contribution in [0.4, 0.5) is 22.7 Å². The lowest BCUT2D eigenvalue weighted by Gasteiger charge is -2.35. The molecular weight excluding hydrogens is 392 g/mol. The summed E-state index contributed by atoms with van der Waals surface area (Å²) in [5.74, 6) is -0.420. The van der Waals surface area contributed by atoms with E-state index in [-0.39, 0.29) is 16.9 Å². The fourth-order valence-corrected chi connectivity index (χ4v) is 4.03. The number of nitrogens with two attached hydrogens (primary N) is 1. The molecule has 0 saturated carbocycles. The molecule has 0 atom stereocenters. The molecule has 150 valence electrons. The molecule has 0 radical (unpaired) electrons. The Bertz CT molecular complexity index is 1090. The fourth-order valence-electron chi connectivity index (χ4n) is 3.38. The number of anilines is 3. The molecule has 1 aliphatic rings. The van der Waals surface area contributed by atoms with E-state index in [0.717, 1.165) is 23.3 Å². The van der Waals surface area contributed by atoms with Gasteiger partial charge in [0.1, 0.15) is 5.69 Å². The van der Waals surface area contributed by atoms with Crippen molar-refractivity contribution in [3.8, 4) is 0 Å². The van der Waals surface area contributed by atoms with Gasteiger partial charge in [0.05, 0.1) is 31.9 Å². The minimum atomic E-state index is -0.568. The van der Waals surface area contributed by atoms with Gasteiger partial charge in [0, 0.05) is 37.9 Å². The number of carbonyl (C=O) groups is 1. The maximum atomic E-state index is 13.1. The molecular formula is C19H20N6O3S. The van der Waals surface area contributed by atoms with Crippen LogP contribution in [0.25, 0.3) is 10.2 Å². The maximum Gasteiger partial charge on any atom is 0.293 e. The number of nitrogens with one attached hydrogen (secondary N) is 1. The number of piperazine rings is 1. The second kappa shape index (κ2) is 7.64. The van der Waals surface area contributed by atoms with Crippen LogP contribution in [0.1, 0.15) is 10.4 Å². The van der Waals surface area contributed by atoms with Crippen LogP contribution in [-0.2, 0) is 0 Å². The Labute approximate surface area is 170 Å². The van der Waals surface area contributed by atoms with Crippen molar-refractivity contribution in [3.05, 3.63) is 51.5 Å². The highest BCUT2D eigenvalue weighted by molar-refractivity contribution is 7.16. The van der Waals surface area contributed by atoms with Gasteiger partial charge in [0.15, 0.2) is 0 Å². The van der Waals surface area contributed by atoms with Crippen molar-refractivity contribution in [3.63, 3.8) is 0 Å². The molecule has 3 N–H and O–H groups in total.